The number of hydrogen-bond acceptors (Lipinski definition) is 13. The molecule has 6 N–H and O–H groups in total. The first kappa shape index (κ1) is 36.2. The summed E-state index contributed by atoms with van der Waals surface area (Å²) in [6.07, 6.45) is 8.82. The van der Waals surface area contributed by atoms with E-state index < -0.39 is 33.7 Å². The Labute approximate surface area is 293 Å². The summed E-state index contributed by atoms with van der Waals surface area (Å²) >= 11 is 0. The molecule has 7 rings (SSSR count). The summed E-state index contributed by atoms with van der Waals surface area (Å²) in [5.74, 6) is -0.161. The lowest BCUT2D eigenvalue weighted by Crippen LogP contribution is -2.17. The maximum absolute atomic E-state index is 13.9. The highest BCUT2D eigenvalue weighted by Crippen LogP contribution is 2.40. The van der Waals surface area contributed by atoms with Gasteiger partial charge in [-0.2, -0.15) is 25.1 Å². The van der Waals surface area contributed by atoms with Crippen LogP contribution in [0.5, 0.6) is 11.8 Å². The number of nitrogens with one attached hydrogen (secondary N) is 4. The van der Waals surface area contributed by atoms with Crippen LogP contribution in [-0.2, 0) is 9.84 Å². The molecular formula is C33H42F2N10O5S. The Bertz CT molecular complexity index is 2090. The zero-order chi connectivity index (χ0) is 36.3. The number of anilines is 2. The van der Waals surface area contributed by atoms with E-state index >= 15 is 0 Å². The first-order valence-electron chi connectivity index (χ1n) is 17.1. The van der Waals surface area contributed by atoms with E-state index in [0.29, 0.717) is 34.8 Å². The molecule has 2 saturated carbocycles. The van der Waals surface area contributed by atoms with Gasteiger partial charge in [0.1, 0.15) is 17.5 Å². The number of aromatic amines is 2. The number of aliphatic hydroxyl groups is 2. The van der Waals surface area contributed by atoms with Gasteiger partial charge < -0.3 is 25.6 Å². The summed E-state index contributed by atoms with van der Waals surface area (Å²) in [4.78, 5) is 16.9. The van der Waals surface area contributed by atoms with Crippen molar-refractivity contribution in [3.63, 3.8) is 0 Å². The normalized spacial score (nSPS) is 16.7. The summed E-state index contributed by atoms with van der Waals surface area (Å²) in [5, 5.41) is 41.0. The minimum atomic E-state index is -3.54. The number of benzene rings is 1. The van der Waals surface area contributed by atoms with Gasteiger partial charge in [-0.05, 0) is 51.7 Å². The second-order valence-corrected chi connectivity index (χ2v) is 15.2. The number of rotatable bonds is 11. The van der Waals surface area contributed by atoms with E-state index in [1.165, 1.54) is 18.9 Å². The molecule has 2 aliphatic rings. The van der Waals surface area contributed by atoms with E-state index in [9.17, 15) is 27.4 Å². The predicted octanol–water partition coefficient (Wildman–Crippen LogP) is 5.08. The minimum absolute atomic E-state index is 0.115. The summed E-state index contributed by atoms with van der Waals surface area (Å²) in [7, 11) is -3.54. The largest absolute Gasteiger partial charge is 0.421 e. The highest BCUT2D eigenvalue weighted by molar-refractivity contribution is 7.90. The third-order valence-electron chi connectivity index (χ3n) is 8.93. The van der Waals surface area contributed by atoms with Crippen molar-refractivity contribution >= 4 is 43.5 Å². The molecule has 4 aromatic heterocycles. The number of hydrogen-bond donors (Lipinski definition) is 6. The molecule has 2 atom stereocenters. The number of nitrogens with zero attached hydrogens (tertiary/aromatic N) is 6. The molecule has 18 heteroatoms. The monoisotopic (exact) mass is 728 g/mol. The molecule has 5 aromatic rings. The maximum Gasteiger partial charge on any atom is 0.326 e. The molecule has 0 bridgehead atoms. The van der Waals surface area contributed by atoms with Crippen molar-refractivity contribution in [2.45, 2.75) is 94.4 Å². The highest BCUT2D eigenvalue weighted by Gasteiger charge is 2.27. The van der Waals surface area contributed by atoms with Crippen molar-refractivity contribution in [3.8, 4) is 11.8 Å². The van der Waals surface area contributed by atoms with Crippen molar-refractivity contribution in [2.75, 3.05) is 30.0 Å². The number of halogens is 2. The van der Waals surface area contributed by atoms with Crippen LogP contribution in [0.15, 0.2) is 23.4 Å². The first-order chi connectivity index (χ1) is 24.4. The zero-order valence-corrected chi connectivity index (χ0v) is 29.4. The van der Waals surface area contributed by atoms with Gasteiger partial charge in [-0.15, -0.1) is 0 Å². The Morgan fingerprint density at radius 1 is 0.824 bits per heavy atom. The Morgan fingerprint density at radius 2 is 1.33 bits per heavy atom. The van der Waals surface area contributed by atoms with Gasteiger partial charge >= 0.3 is 6.01 Å². The molecular weight excluding hydrogens is 686 g/mol. The fourth-order valence-corrected chi connectivity index (χ4v) is 7.00. The molecule has 0 spiro atoms. The van der Waals surface area contributed by atoms with Crippen LogP contribution in [0.3, 0.4) is 0 Å². The van der Waals surface area contributed by atoms with Crippen molar-refractivity contribution in [1.29, 1.82) is 0 Å². The second kappa shape index (κ2) is 15.4. The SMILES string of the molecule is C[C@H](O)CNc1nc(Oc2ccc(F)cc2F)nc2n[nH]c(C3CCCC3)c12.C[C@H](O)CNc1nc(S(C)(=O)=O)nc2n[nH]c(C3CCCC3)c12. The third kappa shape index (κ3) is 8.50. The van der Waals surface area contributed by atoms with Crippen LogP contribution in [0.4, 0.5) is 20.4 Å². The van der Waals surface area contributed by atoms with Gasteiger partial charge in [-0.25, -0.2) is 22.2 Å². The first-order valence-corrected chi connectivity index (χ1v) is 18.9. The number of aliphatic hydroxyl groups excluding tert-OH is 2. The maximum atomic E-state index is 13.9. The average molecular weight is 729 g/mol. The molecule has 2 aliphatic carbocycles. The van der Waals surface area contributed by atoms with Crippen LogP contribution in [0, 0.1) is 11.6 Å². The summed E-state index contributed by atoms with van der Waals surface area (Å²) in [5.41, 5.74) is 2.64. The van der Waals surface area contributed by atoms with Crippen molar-refractivity contribution in [3.05, 3.63) is 41.2 Å². The average Bonchev–Trinajstić information content (AvgIpc) is 3.90. The quantitative estimate of drug-likeness (QED) is 0.0980. The van der Waals surface area contributed by atoms with Gasteiger partial charge in [0.15, 0.2) is 22.9 Å². The molecule has 2 fully saturated rings. The molecule has 0 radical (unpaired) electrons. The highest BCUT2D eigenvalue weighted by atomic mass is 32.2. The lowest BCUT2D eigenvalue weighted by Gasteiger charge is -2.13. The number of ether oxygens (including phenoxy) is 1. The number of H-pyrrole nitrogens is 2. The van der Waals surface area contributed by atoms with Crippen molar-refractivity contribution in [2.24, 2.45) is 0 Å². The van der Waals surface area contributed by atoms with Gasteiger partial charge in [0.25, 0.3) is 5.16 Å². The predicted molar refractivity (Wildman–Crippen MR) is 186 cm³/mol. The number of sulfone groups is 1. The van der Waals surface area contributed by atoms with Gasteiger partial charge in [0.05, 0.1) is 34.4 Å². The molecule has 0 unspecified atom stereocenters. The van der Waals surface area contributed by atoms with Gasteiger partial charge in [0, 0.05) is 37.2 Å². The van der Waals surface area contributed by atoms with E-state index in [4.69, 9.17) is 4.74 Å². The van der Waals surface area contributed by atoms with Crippen LogP contribution in [0.25, 0.3) is 22.1 Å². The lowest BCUT2D eigenvalue weighted by molar-refractivity contribution is 0.207. The van der Waals surface area contributed by atoms with Crippen molar-refractivity contribution < 1.29 is 32.1 Å². The van der Waals surface area contributed by atoms with Crippen molar-refractivity contribution in [1.82, 2.24) is 40.3 Å². The Hall–Kier alpha value is -4.55. The second-order valence-electron chi connectivity index (χ2n) is 13.3. The molecule has 0 saturated heterocycles. The lowest BCUT2D eigenvalue weighted by atomic mass is 10.0. The molecule has 4 heterocycles. The number of fused-ring (bicyclic) bond motifs is 2. The van der Waals surface area contributed by atoms with Gasteiger partial charge in [-0.3, -0.25) is 10.2 Å². The molecule has 0 amide bonds. The zero-order valence-electron chi connectivity index (χ0n) is 28.6. The summed E-state index contributed by atoms with van der Waals surface area (Å²) < 4.78 is 56.0. The standard InChI is InChI=1S/C19H21F2N5O2.C14H21N5O3S/c1-10(27)9-22-17-15-16(11-4-2-3-5-11)25-26-18(15)24-19(23-17)28-14-7-6-12(20)8-13(14)21;1-8(20)7-15-12-10-11(9-5-3-4-6-9)18-19-13(10)17-14(16-12)23(2,21)22/h6-8,10-11,27H,2-5,9H2,1H3,(H2,22,23,24,25,26);8-9,20H,3-7H2,1-2H3,(H2,15,16,17,18,19)/t10-;8-/m00/s1. The van der Waals surface area contributed by atoms with E-state index in [0.717, 1.165) is 79.1 Å². The van der Waals surface area contributed by atoms with E-state index in [1.54, 1.807) is 13.8 Å². The molecule has 15 nitrogen and oxygen atoms in total. The Kier molecular flexibility index (Phi) is 10.9. The Balaban J connectivity index is 0.000000179. The van der Waals surface area contributed by atoms with Gasteiger partial charge in [0.2, 0.25) is 9.84 Å². The van der Waals surface area contributed by atoms with E-state index in [-0.39, 0.29) is 30.0 Å². The van der Waals surface area contributed by atoms with Crippen LogP contribution < -0.4 is 15.4 Å². The van der Waals surface area contributed by atoms with E-state index in [2.05, 4.69) is 51.0 Å². The van der Waals surface area contributed by atoms with E-state index in [1.807, 2.05) is 0 Å². The summed E-state index contributed by atoms with van der Waals surface area (Å²) in [6, 6.07) is 2.88. The third-order valence-corrected chi connectivity index (χ3v) is 9.77. The van der Waals surface area contributed by atoms with Crippen LogP contribution in [-0.4, -0.2) is 90.5 Å². The molecule has 51 heavy (non-hydrogen) atoms. The van der Waals surface area contributed by atoms with Crippen LogP contribution >= 0.6 is 0 Å². The molecule has 274 valence electrons. The van der Waals surface area contributed by atoms with Crippen LogP contribution in [0.2, 0.25) is 0 Å². The molecule has 1 aromatic carbocycles. The summed E-state index contributed by atoms with van der Waals surface area (Å²) in [6.45, 7) is 3.84. The fourth-order valence-electron chi connectivity index (χ4n) is 6.49. The fraction of sp³-hybridized carbons (Fsp3) is 0.515. The topological polar surface area (TPSA) is 217 Å². The number of aromatic nitrogens is 8. The van der Waals surface area contributed by atoms with Gasteiger partial charge in [-0.1, -0.05) is 25.7 Å². The molecule has 0 aliphatic heterocycles. The Morgan fingerprint density at radius 3 is 1.82 bits per heavy atom. The smallest absolute Gasteiger partial charge is 0.326 e. The van der Waals surface area contributed by atoms with Crippen LogP contribution in [0.1, 0.15) is 88.4 Å². The minimum Gasteiger partial charge on any atom is -0.421 e.